The molecule has 4 atom stereocenters. The van der Waals surface area contributed by atoms with Crippen LogP contribution in [0.2, 0.25) is 0 Å². The van der Waals surface area contributed by atoms with Crippen LogP contribution in [-0.2, 0) is 19.0 Å². The van der Waals surface area contributed by atoms with E-state index in [9.17, 15) is 9.18 Å². The SMILES string of the molecule is CO[C@@H]1CO[C@@H]2[C@H]1OC[C@@H]2Oc1cc2ncnc(Nc3ccc(F)c(C)c3)c2cc1NC(=O)/C=C/CN(C)C. The van der Waals surface area contributed by atoms with E-state index in [0.29, 0.717) is 59.2 Å². The Kier molecular flexibility index (Phi) is 8.03. The molecule has 206 valence electrons. The van der Waals surface area contributed by atoms with E-state index in [4.69, 9.17) is 18.9 Å². The van der Waals surface area contributed by atoms with Crippen LogP contribution in [0.15, 0.2) is 48.8 Å². The molecular weight excluding hydrogens is 505 g/mol. The van der Waals surface area contributed by atoms with E-state index in [2.05, 4.69) is 20.6 Å². The smallest absolute Gasteiger partial charge is 0.248 e. The summed E-state index contributed by atoms with van der Waals surface area (Å²) in [6.07, 6.45) is 3.63. The van der Waals surface area contributed by atoms with Crippen LogP contribution in [-0.4, -0.2) is 86.2 Å². The Hall–Kier alpha value is -3.64. The number of halogens is 1. The first kappa shape index (κ1) is 26.9. The van der Waals surface area contributed by atoms with Crippen LogP contribution in [0.1, 0.15) is 5.56 Å². The summed E-state index contributed by atoms with van der Waals surface area (Å²) in [6, 6.07) is 8.26. The van der Waals surface area contributed by atoms with Crippen molar-refractivity contribution < 1.29 is 28.1 Å². The number of carbonyl (C=O) groups is 1. The number of aromatic nitrogens is 2. The number of fused-ring (bicyclic) bond motifs is 2. The number of methoxy groups -OCH3 is 1. The molecule has 3 heterocycles. The largest absolute Gasteiger partial charge is 0.483 e. The van der Waals surface area contributed by atoms with Crippen molar-refractivity contribution >= 4 is 34.0 Å². The molecule has 0 unspecified atom stereocenters. The molecule has 2 aromatic carbocycles. The molecule has 0 saturated carbocycles. The minimum absolute atomic E-state index is 0.155. The molecule has 3 aromatic rings. The molecule has 0 spiro atoms. The molecule has 11 heteroatoms. The Morgan fingerprint density at radius 3 is 2.67 bits per heavy atom. The van der Waals surface area contributed by atoms with Crippen LogP contribution in [0.5, 0.6) is 5.75 Å². The van der Waals surface area contributed by atoms with E-state index in [1.165, 1.54) is 18.5 Å². The maximum absolute atomic E-state index is 13.8. The van der Waals surface area contributed by atoms with Crippen molar-refractivity contribution in [3.05, 3.63) is 60.2 Å². The van der Waals surface area contributed by atoms with Gasteiger partial charge in [-0.3, -0.25) is 4.79 Å². The Labute approximate surface area is 226 Å². The molecule has 39 heavy (non-hydrogen) atoms. The zero-order valence-electron chi connectivity index (χ0n) is 22.3. The maximum atomic E-state index is 13.8. The van der Waals surface area contributed by atoms with Gasteiger partial charge < -0.3 is 34.5 Å². The fraction of sp³-hybridized carbons (Fsp3) is 0.393. The molecule has 0 bridgehead atoms. The molecule has 2 N–H and O–H groups in total. The second-order valence-corrected chi connectivity index (χ2v) is 9.86. The summed E-state index contributed by atoms with van der Waals surface area (Å²) < 4.78 is 37.5. The van der Waals surface area contributed by atoms with Gasteiger partial charge in [0, 0.05) is 36.9 Å². The summed E-state index contributed by atoms with van der Waals surface area (Å²) in [5.74, 6) is 0.336. The summed E-state index contributed by atoms with van der Waals surface area (Å²) in [6.45, 7) is 3.06. The highest BCUT2D eigenvalue weighted by molar-refractivity contribution is 6.03. The van der Waals surface area contributed by atoms with Gasteiger partial charge in [0.05, 0.1) is 24.4 Å². The van der Waals surface area contributed by atoms with Gasteiger partial charge in [-0.1, -0.05) is 6.08 Å². The van der Waals surface area contributed by atoms with Gasteiger partial charge in [-0.2, -0.15) is 0 Å². The highest BCUT2D eigenvalue weighted by Gasteiger charge is 2.49. The Balaban J connectivity index is 1.47. The van der Waals surface area contributed by atoms with Crippen molar-refractivity contribution in [1.82, 2.24) is 14.9 Å². The predicted molar refractivity (Wildman–Crippen MR) is 145 cm³/mol. The fourth-order valence-electron chi connectivity index (χ4n) is 4.68. The van der Waals surface area contributed by atoms with Crippen LogP contribution in [0, 0.1) is 12.7 Å². The van der Waals surface area contributed by atoms with Gasteiger partial charge in [0.2, 0.25) is 5.91 Å². The number of amides is 1. The second-order valence-electron chi connectivity index (χ2n) is 9.86. The van der Waals surface area contributed by atoms with Gasteiger partial charge in [0.1, 0.15) is 42.0 Å². The standard InChI is InChI=1S/C28H32FN5O5/c1-16-10-17(7-8-19(16)29)32-28-18-11-21(33-25(35)6-5-9-34(2)3)22(12-20(18)30-15-31-28)39-24-14-38-26-23(36-4)13-37-27(24)26/h5-8,10-12,15,23-24,26-27H,9,13-14H2,1-4H3,(H,33,35)(H,30,31,32)/b6-5+/t23-,24+,26+,27+/m1/s1. The minimum atomic E-state index is -0.394. The monoisotopic (exact) mass is 537 g/mol. The molecule has 2 aliphatic heterocycles. The van der Waals surface area contributed by atoms with Crippen molar-refractivity contribution in [3.63, 3.8) is 0 Å². The molecule has 2 saturated heterocycles. The van der Waals surface area contributed by atoms with Gasteiger partial charge in [-0.25, -0.2) is 14.4 Å². The van der Waals surface area contributed by atoms with E-state index in [0.717, 1.165) is 0 Å². The van der Waals surface area contributed by atoms with Crippen LogP contribution in [0.4, 0.5) is 21.6 Å². The van der Waals surface area contributed by atoms with Crippen molar-refractivity contribution in [2.45, 2.75) is 31.3 Å². The van der Waals surface area contributed by atoms with Gasteiger partial charge in [0.25, 0.3) is 0 Å². The topological polar surface area (TPSA) is 107 Å². The first-order valence-electron chi connectivity index (χ1n) is 12.7. The normalized spacial score (nSPS) is 22.5. The summed E-state index contributed by atoms with van der Waals surface area (Å²) in [5.41, 5.74) is 2.22. The molecular formula is C28H32FN5O5. The lowest BCUT2D eigenvalue weighted by Crippen LogP contribution is -2.35. The average molecular weight is 538 g/mol. The Morgan fingerprint density at radius 1 is 1.15 bits per heavy atom. The molecule has 5 rings (SSSR count). The highest BCUT2D eigenvalue weighted by atomic mass is 19.1. The summed E-state index contributed by atoms with van der Waals surface area (Å²) in [5, 5.41) is 6.81. The third-order valence-corrected chi connectivity index (χ3v) is 6.70. The molecule has 2 fully saturated rings. The van der Waals surface area contributed by atoms with Crippen LogP contribution < -0.4 is 15.4 Å². The van der Waals surface area contributed by atoms with E-state index >= 15 is 0 Å². The first-order chi connectivity index (χ1) is 18.8. The number of carbonyl (C=O) groups excluding carboxylic acids is 1. The van der Waals surface area contributed by atoms with Crippen molar-refractivity contribution in [1.29, 1.82) is 0 Å². The number of nitrogens with zero attached hydrogens (tertiary/aromatic N) is 3. The molecule has 0 radical (unpaired) electrons. The van der Waals surface area contributed by atoms with Crippen molar-refractivity contribution in [3.8, 4) is 5.75 Å². The number of hydrogen-bond acceptors (Lipinski definition) is 9. The van der Waals surface area contributed by atoms with E-state index in [-0.39, 0.29) is 30.0 Å². The molecule has 1 amide bonds. The van der Waals surface area contributed by atoms with Gasteiger partial charge >= 0.3 is 0 Å². The third kappa shape index (κ3) is 6.01. The number of hydrogen-bond donors (Lipinski definition) is 2. The van der Waals surface area contributed by atoms with Gasteiger partial charge in [-0.15, -0.1) is 0 Å². The summed E-state index contributed by atoms with van der Waals surface area (Å²) in [7, 11) is 5.48. The van der Waals surface area contributed by atoms with E-state index in [1.807, 2.05) is 19.0 Å². The zero-order chi connectivity index (χ0) is 27.5. The lowest BCUT2D eigenvalue weighted by Gasteiger charge is -2.21. The lowest BCUT2D eigenvalue weighted by atomic mass is 10.1. The number of ether oxygens (including phenoxy) is 4. The minimum Gasteiger partial charge on any atom is -0.483 e. The van der Waals surface area contributed by atoms with Gasteiger partial charge in [0.15, 0.2) is 6.10 Å². The number of aryl methyl sites for hydroxylation is 1. The van der Waals surface area contributed by atoms with Crippen molar-refractivity contribution in [2.75, 3.05) is 51.6 Å². The molecule has 10 nitrogen and oxygen atoms in total. The summed E-state index contributed by atoms with van der Waals surface area (Å²) >= 11 is 0. The molecule has 0 aliphatic carbocycles. The second kappa shape index (κ2) is 11.6. The fourth-order valence-corrected chi connectivity index (χ4v) is 4.68. The average Bonchev–Trinajstić information content (AvgIpc) is 3.49. The zero-order valence-corrected chi connectivity index (χ0v) is 22.3. The van der Waals surface area contributed by atoms with Crippen molar-refractivity contribution in [2.24, 2.45) is 0 Å². The Morgan fingerprint density at radius 2 is 1.92 bits per heavy atom. The first-order valence-corrected chi connectivity index (χ1v) is 12.7. The lowest BCUT2D eigenvalue weighted by molar-refractivity contribution is -0.111. The number of anilines is 3. The summed E-state index contributed by atoms with van der Waals surface area (Å²) in [4.78, 5) is 23.6. The highest BCUT2D eigenvalue weighted by Crippen LogP contribution is 2.37. The quantitative estimate of drug-likeness (QED) is 0.397. The number of rotatable bonds is 9. The number of nitrogens with one attached hydrogen (secondary N) is 2. The van der Waals surface area contributed by atoms with E-state index < -0.39 is 6.10 Å². The van der Waals surface area contributed by atoms with Crippen LogP contribution in [0.3, 0.4) is 0 Å². The predicted octanol–water partition coefficient (Wildman–Crippen LogP) is 3.44. The Bertz CT molecular complexity index is 1380. The van der Waals surface area contributed by atoms with Crippen LogP contribution in [0.25, 0.3) is 10.9 Å². The molecule has 2 aliphatic rings. The number of benzene rings is 2. The number of likely N-dealkylation sites (N-methyl/N-ethyl adjacent to an activating group) is 1. The van der Waals surface area contributed by atoms with Gasteiger partial charge in [-0.05, 0) is 50.8 Å². The molecule has 1 aromatic heterocycles. The van der Waals surface area contributed by atoms with E-state index in [1.54, 1.807) is 44.4 Å². The third-order valence-electron chi connectivity index (χ3n) is 6.70. The van der Waals surface area contributed by atoms with Crippen LogP contribution >= 0.6 is 0 Å². The maximum Gasteiger partial charge on any atom is 0.248 e.